The summed E-state index contributed by atoms with van der Waals surface area (Å²) < 4.78 is 5.28. The Balaban J connectivity index is 2.44. The largest absolute Gasteiger partial charge is 0.467 e. The minimum Gasteiger partial charge on any atom is -0.467 e. The Hall–Kier alpha value is -1.45. The van der Waals surface area contributed by atoms with Crippen LogP contribution >= 0.6 is 0 Å². The van der Waals surface area contributed by atoms with Crippen LogP contribution in [-0.4, -0.2) is 18.5 Å². The molecule has 0 radical (unpaired) electrons. The maximum absolute atomic E-state index is 5.28. The molecule has 0 aromatic carbocycles. The molecule has 1 atom stereocenters. The molecule has 2 N–H and O–H groups in total. The van der Waals surface area contributed by atoms with Gasteiger partial charge in [-0.15, -0.1) is 0 Å². The normalized spacial score (nSPS) is 13.6. The maximum atomic E-state index is 5.28. The molecule has 1 rings (SSSR count). The van der Waals surface area contributed by atoms with E-state index in [4.69, 9.17) is 4.42 Å². The number of rotatable bonds is 7. The molecule has 0 bridgehead atoms. The summed E-state index contributed by atoms with van der Waals surface area (Å²) in [5.74, 6) is 2.48. The van der Waals surface area contributed by atoms with E-state index in [0.717, 1.165) is 30.6 Å². The van der Waals surface area contributed by atoms with Crippen molar-refractivity contribution in [2.45, 2.75) is 53.1 Å². The number of aliphatic imine (C=N–C) groups is 1. The zero-order valence-corrected chi connectivity index (χ0v) is 12.6. The van der Waals surface area contributed by atoms with Crippen LogP contribution in [-0.2, 0) is 6.54 Å². The molecule has 0 saturated carbocycles. The fourth-order valence-electron chi connectivity index (χ4n) is 1.77. The van der Waals surface area contributed by atoms with Gasteiger partial charge in [-0.05, 0) is 44.7 Å². The fraction of sp³-hybridized carbons (Fsp3) is 0.667. The van der Waals surface area contributed by atoms with Gasteiger partial charge in [-0.2, -0.15) is 0 Å². The summed E-state index contributed by atoms with van der Waals surface area (Å²) in [6.45, 7) is 10.2. The summed E-state index contributed by atoms with van der Waals surface area (Å²) in [4.78, 5) is 4.52. The summed E-state index contributed by atoms with van der Waals surface area (Å²) in [6.07, 6.45) is 4.06. The van der Waals surface area contributed by atoms with Crippen LogP contribution in [0.3, 0.4) is 0 Å². The molecule has 1 aromatic heterocycles. The van der Waals surface area contributed by atoms with E-state index in [2.05, 4.69) is 43.3 Å². The second-order valence-corrected chi connectivity index (χ2v) is 5.29. The third-order valence-electron chi connectivity index (χ3n) is 2.88. The Kier molecular flexibility index (Phi) is 7.08. The Morgan fingerprint density at radius 3 is 2.68 bits per heavy atom. The molecule has 4 nitrogen and oxygen atoms in total. The zero-order chi connectivity index (χ0) is 14.1. The van der Waals surface area contributed by atoms with Crippen LogP contribution < -0.4 is 10.6 Å². The molecule has 0 spiro atoms. The Morgan fingerprint density at radius 1 is 1.32 bits per heavy atom. The van der Waals surface area contributed by atoms with E-state index in [1.54, 1.807) is 6.26 Å². The first-order valence-electron chi connectivity index (χ1n) is 7.19. The lowest BCUT2D eigenvalue weighted by Crippen LogP contribution is -2.42. The van der Waals surface area contributed by atoms with Crippen molar-refractivity contribution in [1.82, 2.24) is 10.6 Å². The molecule has 0 aliphatic rings. The molecule has 0 aliphatic carbocycles. The van der Waals surface area contributed by atoms with E-state index < -0.39 is 0 Å². The highest BCUT2D eigenvalue weighted by Crippen LogP contribution is 2.06. The van der Waals surface area contributed by atoms with Crippen LogP contribution in [0.15, 0.2) is 27.8 Å². The highest BCUT2D eigenvalue weighted by Gasteiger charge is 2.06. The Labute approximate surface area is 116 Å². The van der Waals surface area contributed by atoms with Crippen LogP contribution in [0.2, 0.25) is 0 Å². The van der Waals surface area contributed by atoms with Crippen molar-refractivity contribution in [1.29, 1.82) is 0 Å². The molecular weight excluding hydrogens is 238 g/mol. The molecule has 19 heavy (non-hydrogen) atoms. The smallest absolute Gasteiger partial charge is 0.191 e. The van der Waals surface area contributed by atoms with E-state index in [0.29, 0.717) is 12.6 Å². The molecule has 0 aliphatic heterocycles. The number of nitrogens with zero attached hydrogens (tertiary/aromatic N) is 1. The van der Waals surface area contributed by atoms with Gasteiger partial charge in [-0.1, -0.05) is 13.8 Å². The van der Waals surface area contributed by atoms with Crippen molar-refractivity contribution in [2.24, 2.45) is 10.9 Å². The molecule has 0 amide bonds. The number of hydrogen-bond acceptors (Lipinski definition) is 2. The first-order chi connectivity index (χ1) is 9.11. The standard InChI is InChI=1S/C15H27N3O/c1-5-16-15(17-11-14-7-6-10-19-14)18-13(4)9-8-12(2)3/h6-7,10,12-13H,5,8-9,11H2,1-4H3,(H2,16,17,18). The minimum absolute atomic E-state index is 0.428. The van der Waals surface area contributed by atoms with Gasteiger partial charge in [0.15, 0.2) is 5.96 Å². The van der Waals surface area contributed by atoms with Crippen LogP contribution in [0.4, 0.5) is 0 Å². The second kappa shape index (κ2) is 8.62. The molecule has 1 aromatic rings. The number of hydrogen-bond donors (Lipinski definition) is 2. The zero-order valence-electron chi connectivity index (χ0n) is 12.6. The number of furan rings is 1. The van der Waals surface area contributed by atoms with Crippen LogP contribution in [0.5, 0.6) is 0 Å². The van der Waals surface area contributed by atoms with E-state index >= 15 is 0 Å². The van der Waals surface area contributed by atoms with Gasteiger partial charge in [0.1, 0.15) is 12.3 Å². The number of guanidine groups is 1. The fourth-order valence-corrected chi connectivity index (χ4v) is 1.77. The highest BCUT2D eigenvalue weighted by atomic mass is 16.3. The topological polar surface area (TPSA) is 49.6 Å². The summed E-state index contributed by atoms with van der Waals surface area (Å²) >= 11 is 0. The average molecular weight is 265 g/mol. The molecule has 1 unspecified atom stereocenters. The van der Waals surface area contributed by atoms with Gasteiger partial charge in [0.05, 0.1) is 6.26 Å². The van der Waals surface area contributed by atoms with Crippen LogP contribution in [0, 0.1) is 5.92 Å². The summed E-state index contributed by atoms with van der Waals surface area (Å²) in [6, 6.07) is 4.25. The predicted molar refractivity (Wildman–Crippen MR) is 80.2 cm³/mol. The molecule has 108 valence electrons. The first kappa shape index (κ1) is 15.6. The van der Waals surface area contributed by atoms with Gasteiger partial charge in [0.2, 0.25) is 0 Å². The van der Waals surface area contributed by atoms with Gasteiger partial charge in [0, 0.05) is 12.6 Å². The van der Waals surface area contributed by atoms with Gasteiger partial charge < -0.3 is 15.1 Å². The van der Waals surface area contributed by atoms with E-state index in [1.165, 1.54) is 6.42 Å². The third-order valence-corrected chi connectivity index (χ3v) is 2.88. The van der Waals surface area contributed by atoms with E-state index in [-0.39, 0.29) is 0 Å². The maximum Gasteiger partial charge on any atom is 0.191 e. The van der Waals surface area contributed by atoms with Crippen molar-refractivity contribution in [3.05, 3.63) is 24.2 Å². The summed E-state index contributed by atoms with van der Waals surface area (Å²) in [5, 5.41) is 6.69. The Bertz CT molecular complexity index is 357. The van der Waals surface area contributed by atoms with Crippen LogP contribution in [0.1, 0.15) is 46.3 Å². The van der Waals surface area contributed by atoms with E-state index in [9.17, 15) is 0 Å². The quantitative estimate of drug-likeness (QED) is 0.588. The highest BCUT2D eigenvalue weighted by molar-refractivity contribution is 5.79. The monoisotopic (exact) mass is 265 g/mol. The van der Waals surface area contributed by atoms with Crippen molar-refractivity contribution in [3.8, 4) is 0 Å². The molecule has 4 heteroatoms. The minimum atomic E-state index is 0.428. The van der Waals surface area contributed by atoms with Gasteiger partial charge >= 0.3 is 0 Å². The third kappa shape index (κ3) is 6.89. The lowest BCUT2D eigenvalue weighted by Gasteiger charge is -2.18. The van der Waals surface area contributed by atoms with Gasteiger partial charge in [-0.3, -0.25) is 0 Å². The van der Waals surface area contributed by atoms with Crippen LogP contribution in [0.25, 0.3) is 0 Å². The van der Waals surface area contributed by atoms with Crippen molar-refractivity contribution >= 4 is 5.96 Å². The van der Waals surface area contributed by atoms with Crippen molar-refractivity contribution in [2.75, 3.05) is 6.54 Å². The van der Waals surface area contributed by atoms with Gasteiger partial charge in [-0.25, -0.2) is 4.99 Å². The first-order valence-corrected chi connectivity index (χ1v) is 7.19. The molecule has 0 fully saturated rings. The summed E-state index contributed by atoms with van der Waals surface area (Å²) in [5.41, 5.74) is 0. The lowest BCUT2D eigenvalue weighted by atomic mass is 10.0. The van der Waals surface area contributed by atoms with E-state index in [1.807, 2.05) is 12.1 Å². The summed E-state index contributed by atoms with van der Waals surface area (Å²) in [7, 11) is 0. The molecule has 1 heterocycles. The molecular formula is C15H27N3O. The predicted octanol–water partition coefficient (Wildman–Crippen LogP) is 3.16. The second-order valence-electron chi connectivity index (χ2n) is 5.29. The average Bonchev–Trinajstić information content (AvgIpc) is 2.87. The molecule has 0 saturated heterocycles. The number of nitrogens with one attached hydrogen (secondary N) is 2. The van der Waals surface area contributed by atoms with Crippen molar-refractivity contribution in [3.63, 3.8) is 0 Å². The Morgan fingerprint density at radius 2 is 2.11 bits per heavy atom. The van der Waals surface area contributed by atoms with Crippen molar-refractivity contribution < 1.29 is 4.42 Å². The van der Waals surface area contributed by atoms with Gasteiger partial charge in [0.25, 0.3) is 0 Å². The lowest BCUT2D eigenvalue weighted by molar-refractivity contribution is 0.487. The SMILES string of the molecule is CCNC(=NCc1ccco1)NC(C)CCC(C)C.